The minimum Gasteiger partial charge on any atom is -0.465 e. The molecule has 152 valence electrons. The predicted octanol–water partition coefficient (Wildman–Crippen LogP) is 5.22. The lowest BCUT2D eigenvalue weighted by Gasteiger charge is -2.12. The van der Waals surface area contributed by atoms with Crippen LogP contribution >= 0.6 is 0 Å². The molecule has 3 rings (SSSR count). The predicted molar refractivity (Wildman–Crippen MR) is 117 cm³/mol. The van der Waals surface area contributed by atoms with Gasteiger partial charge in [-0.1, -0.05) is 42.5 Å². The first-order valence-electron chi connectivity index (χ1n) is 9.58. The Morgan fingerprint density at radius 2 is 1.63 bits per heavy atom. The van der Waals surface area contributed by atoms with Crippen LogP contribution in [0.3, 0.4) is 0 Å². The number of carboxylic acid groups (broad SMARTS) is 1. The maximum atomic E-state index is 12.1. The van der Waals surface area contributed by atoms with E-state index in [4.69, 9.17) is 5.11 Å². The zero-order valence-electron chi connectivity index (χ0n) is 16.3. The Morgan fingerprint density at radius 3 is 2.30 bits per heavy atom. The van der Waals surface area contributed by atoms with E-state index in [0.29, 0.717) is 36.2 Å². The van der Waals surface area contributed by atoms with Crippen LogP contribution in [0.25, 0.3) is 11.1 Å². The molecule has 0 heterocycles. The highest BCUT2D eigenvalue weighted by atomic mass is 16.4. The number of amides is 2. The van der Waals surface area contributed by atoms with Gasteiger partial charge in [-0.15, -0.1) is 0 Å². The van der Waals surface area contributed by atoms with Crippen LogP contribution in [0.5, 0.6) is 0 Å². The standard InChI is InChI=1S/C24H22N2O4/c27-16-18-9-12-20(13-10-18)25-23(28)8-4-5-17-11-14-21(19-6-2-1-3-7-19)22(15-17)26-24(29)30/h1-3,6-7,9-16,26H,4-5,8H2,(H,25,28)(H,29,30). The van der Waals surface area contributed by atoms with E-state index in [1.54, 1.807) is 24.3 Å². The first kappa shape index (κ1) is 20.8. The van der Waals surface area contributed by atoms with Crippen LogP contribution in [0.1, 0.15) is 28.8 Å². The third-order valence-electron chi connectivity index (χ3n) is 4.61. The number of hydrogen-bond acceptors (Lipinski definition) is 3. The van der Waals surface area contributed by atoms with Gasteiger partial charge in [0.1, 0.15) is 6.29 Å². The molecular formula is C24H22N2O4. The average molecular weight is 402 g/mol. The summed E-state index contributed by atoms with van der Waals surface area (Å²) >= 11 is 0. The summed E-state index contributed by atoms with van der Waals surface area (Å²) in [5, 5.41) is 14.4. The van der Waals surface area contributed by atoms with Crippen LogP contribution in [0.4, 0.5) is 16.2 Å². The summed E-state index contributed by atoms with van der Waals surface area (Å²) in [6.07, 6.45) is 1.22. The van der Waals surface area contributed by atoms with Gasteiger partial charge in [0.25, 0.3) is 0 Å². The van der Waals surface area contributed by atoms with Gasteiger partial charge in [-0.25, -0.2) is 4.79 Å². The summed E-state index contributed by atoms with van der Waals surface area (Å²) in [5.41, 5.74) is 4.39. The zero-order chi connectivity index (χ0) is 21.3. The Labute approximate surface area is 174 Å². The molecule has 0 bridgehead atoms. The lowest BCUT2D eigenvalue weighted by atomic mass is 9.99. The van der Waals surface area contributed by atoms with Crippen molar-refractivity contribution in [3.05, 3.63) is 83.9 Å². The number of carbonyl (C=O) groups is 3. The highest BCUT2D eigenvalue weighted by molar-refractivity contribution is 5.92. The van der Waals surface area contributed by atoms with Gasteiger partial charge in [0, 0.05) is 23.2 Å². The SMILES string of the molecule is O=Cc1ccc(NC(=O)CCCc2ccc(-c3ccccc3)c(NC(=O)O)c2)cc1. The molecule has 3 aromatic carbocycles. The zero-order valence-corrected chi connectivity index (χ0v) is 16.3. The maximum Gasteiger partial charge on any atom is 0.409 e. The summed E-state index contributed by atoms with van der Waals surface area (Å²) < 4.78 is 0. The Balaban J connectivity index is 1.61. The van der Waals surface area contributed by atoms with Crippen molar-refractivity contribution in [2.24, 2.45) is 0 Å². The smallest absolute Gasteiger partial charge is 0.409 e. The summed E-state index contributed by atoms with van der Waals surface area (Å²) in [4.78, 5) is 34.0. The quantitative estimate of drug-likeness (QED) is 0.450. The number of aldehydes is 1. The van der Waals surface area contributed by atoms with E-state index in [1.807, 2.05) is 48.5 Å². The second-order valence-electron chi connectivity index (χ2n) is 6.82. The van der Waals surface area contributed by atoms with Gasteiger partial charge in [-0.2, -0.15) is 0 Å². The van der Waals surface area contributed by atoms with Crippen molar-refractivity contribution in [2.75, 3.05) is 10.6 Å². The molecule has 30 heavy (non-hydrogen) atoms. The van der Waals surface area contributed by atoms with E-state index in [-0.39, 0.29) is 5.91 Å². The van der Waals surface area contributed by atoms with E-state index in [9.17, 15) is 14.4 Å². The fraction of sp³-hybridized carbons (Fsp3) is 0.125. The minimum atomic E-state index is -1.12. The molecule has 0 aromatic heterocycles. The first-order valence-corrected chi connectivity index (χ1v) is 9.58. The second kappa shape index (κ2) is 10.0. The van der Waals surface area contributed by atoms with Gasteiger partial charge < -0.3 is 10.4 Å². The van der Waals surface area contributed by atoms with Crippen LogP contribution in [0, 0.1) is 0 Å². The first-order chi connectivity index (χ1) is 14.5. The molecule has 6 nitrogen and oxygen atoms in total. The van der Waals surface area contributed by atoms with Crippen molar-refractivity contribution in [1.29, 1.82) is 0 Å². The molecule has 0 aliphatic rings. The van der Waals surface area contributed by atoms with Gasteiger partial charge in [-0.3, -0.25) is 14.9 Å². The molecule has 0 spiro atoms. The molecule has 3 aromatic rings. The molecular weight excluding hydrogens is 380 g/mol. The number of rotatable bonds is 8. The Bertz CT molecular complexity index is 1030. The molecule has 0 aliphatic carbocycles. The van der Waals surface area contributed by atoms with Crippen molar-refractivity contribution in [1.82, 2.24) is 0 Å². The normalized spacial score (nSPS) is 10.3. The van der Waals surface area contributed by atoms with E-state index >= 15 is 0 Å². The molecule has 0 atom stereocenters. The number of aryl methyl sites for hydroxylation is 1. The molecule has 3 N–H and O–H groups in total. The lowest BCUT2D eigenvalue weighted by Crippen LogP contribution is -2.11. The molecule has 0 saturated carbocycles. The van der Waals surface area contributed by atoms with E-state index in [1.165, 1.54) is 0 Å². The van der Waals surface area contributed by atoms with Crippen molar-refractivity contribution >= 4 is 29.7 Å². The molecule has 0 fully saturated rings. The van der Waals surface area contributed by atoms with Crippen molar-refractivity contribution in [3.8, 4) is 11.1 Å². The maximum absolute atomic E-state index is 12.1. The monoisotopic (exact) mass is 402 g/mol. The molecule has 0 unspecified atom stereocenters. The van der Waals surface area contributed by atoms with E-state index in [2.05, 4.69) is 10.6 Å². The number of hydrogen-bond donors (Lipinski definition) is 3. The number of nitrogens with one attached hydrogen (secondary N) is 2. The van der Waals surface area contributed by atoms with Gasteiger partial charge >= 0.3 is 6.09 Å². The van der Waals surface area contributed by atoms with Crippen LogP contribution in [-0.2, 0) is 11.2 Å². The van der Waals surface area contributed by atoms with Gasteiger partial charge in [0.05, 0.1) is 5.69 Å². The molecule has 6 heteroatoms. The third-order valence-corrected chi connectivity index (χ3v) is 4.61. The summed E-state index contributed by atoms with van der Waals surface area (Å²) in [6.45, 7) is 0. The highest BCUT2D eigenvalue weighted by Gasteiger charge is 2.10. The summed E-state index contributed by atoms with van der Waals surface area (Å²) in [6, 6.07) is 21.9. The molecule has 2 amide bonds. The Hall–Kier alpha value is -3.93. The fourth-order valence-corrected chi connectivity index (χ4v) is 3.16. The fourth-order valence-electron chi connectivity index (χ4n) is 3.16. The Kier molecular flexibility index (Phi) is 6.95. The van der Waals surface area contributed by atoms with Crippen LogP contribution in [0.2, 0.25) is 0 Å². The average Bonchev–Trinajstić information content (AvgIpc) is 2.75. The topological polar surface area (TPSA) is 95.5 Å². The number of carbonyl (C=O) groups excluding carboxylic acids is 2. The highest BCUT2D eigenvalue weighted by Crippen LogP contribution is 2.29. The third kappa shape index (κ3) is 5.78. The minimum absolute atomic E-state index is 0.112. The van der Waals surface area contributed by atoms with Gasteiger partial charge in [0.2, 0.25) is 5.91 Å². The van der Waals surface area contributed by atoms with Gasteiger partial charge in [-0.05, 0) is 54.3 Å². The van der Waals surface area contributed by atoms with Crippen LogP contribution in [0.15, 0.2) is 72.8 Å². The Morgan fingerprint density at radius 1 is 0.900 bits per heavy atom. The van der Waals surface area contributed by atoms with Gasteiger partial charge in [0.15, 0.2) is 0 Å². The number of benzene rings is 3. The lowest BCUT2D eigenvalue weighted by molar-refractivity contribution is -0.116. The van der Waals surface area contributed by atoms with Crippen LogP contribution < -0.4 is 10.6 Å². The van der Waals surface area contributed by atoms with E-state index < -0.39 is 6.09 Å². The van der Waals surface area contributed by atoms with Crippen molar-refractivity contribution in [3.63, 3.8) is 0 Å². The van der Waals surface area contributed by atoms with Crippen LogP contribution in [-0.4, -0.2) is 23.4 Å². The summed E-state index contributed by atoms with van der Waals surface area (Å²) in [7, 11) is 0. The largest absolute Gasteiger partial charge is 0.465 e. The molecule has 0 saturated heterocycles. The van der Waals surface area contributed by atoms with Crippen molar-refractivity contribution in [2.45, 2.75) is 19.3 Å². The van der Waals surface area contributed by atoms with E-state index in [0.717, 1.165) is 23.0 Å². The van der Waals surface area contributed by atoms with Crippen molar-refractivity contribution < 1.29 is 19.5 Å². The summed E-state index contributed by atoms with van der Waals surface area (Å²) in [5.74, 6) is -0.112. The molecule has 0 radical (unpaired) electrons. The molecule has 0 aliphatic heterocycles. The second-order valence-corrected chi connectivity index (χ2v) is 6.82. The number of anilines is 2.